The number of amides is 3. The van der Waals surface area contributed by atoms with Crippen molar-refractivity contribution in [2.75, 3.05) is 24.4 Å². The average molecular weight is 472 g/mol. The Kier molecular flexibility index (Phi) is 5.64. The first kappa shape index (κ1) is 22.5. The molecule has 1 atom stereocenters. The predicted molar refractivity (Wildman–Crippen MR) is 130 cm³/mol. The molecule has 0 unspecified atom stereocenters. The molecular formula is C27H25N3O5. The van der Waals surface area contributed by atoms with Crippen molar-refractivity contribution < 1.29 is 23.9 Å². The molecule has 8 nitrogen and oxygen atoms in total. The molecule has 178 valence electrons. The van der Waals surface area contributed by atoms with Gasteiger partial charge in [0.2, 0.25) is 11.6 Å². The Hall–Kier alpha value is -4.33. The third-order valence-electron chi connectivity index (χ3n) is 6.56. The van der Waals surface area contributed by atoms with Crippen LogP contribution in [0.1, 0.15) is 28.8 Å². The van der Waals surface area contributed by atoms with Gasteiger partial charge in [-0.1, -0.05) is 42.5 Å². The topological polar surface area (TPSA) is 88.2 Å². The molecule has 0 radical (unpaired) electrons. The Balaban J connectivity index is 1.61. The van der Waals surface area contributed by atoms with Crippen LogP contribution in [0, 0.1) is 0 Å². The summed E-state index contributed by atoms with van der Waals surface area (Å²) in [5.74, 6) is 0.0138. The lowest BCUT2D eigenvalue weighted by atomic mass is 9.94. The number of para-hydroxylation sites is 1. The molecule has 0 aliphatic carbocycles. The van der Waals surface area contributed by atoms with E-state index >= 15 is 0 Å². The van der Waals surface area contributed by atoms with Crippen molar-refractivity contribution in [1.82, 2.24) is 4.90 Å². The largest absolute Gasteiger partial charge is 0.493 e. The third kappa shape index (κ3) is 3.58. The number of carbonyl (C=O) groups excluding carboxylic acids is 3. The van der Waals surface area contributed by atoms with Gasteiger partial charge in [0.1, 0.15) is 0 Å². The standard InChI is InChI=1S/C27H25N3O5/c1-34-22-13-12-19(16-23(22)35-2)28-26(33)27-15-14-24(31)30(27)21-11-7-6-10-20(21)25(32)29(27)17-18-8-4-3-5-9-18/h3-13,16H,14-15,17H2,1-2H3,(H,28,33)/t27-/m1/s1. The third-order valence-corrected chi connectivity index (χ3v) is 6.56. The molecule has 5 rings (SSSR count). The molecule has 0 saturated carbocycles. The summed E-state index contributed by atoms with van der Waals surface area (Å²) in [5, 5.41) is 2.93. The van der Waals surface area contributed by atoms with Crippen LogP contribution in [0.4, 0.5) is 11.4 Å². The van der Waals surface area contributed by atoms with Crippen LogP contribution >= 0.6 is 0 Å². The molecule has 1 saturated heterocycles. The van der Waals surface area contributed by atoms with E-state index in [1.165, 1.54) is 24.0 Å². The summed E-state index contributed by atoms with van der Waals surface area (Å²) in [6.45, 7) is 0.178. The maximum absolute atomic E-state index is 14.1. The summed E-state index contributed by atoms with van der Waals surface area (Å²) in [6, 6.07) is 21.4. The van der Waals surface area contributed by atoms with Crippen LogP contribution in [0.5, 0.6) is 11.5 Å². The lowest BCUT2D eigenvalue weighted by Crippen LogP contribution is -2.69. The zero-order valence-corrected chi connectivity index (χ0v) is 19.5. The maximum atomic E-state index is 14.1. The van der Waals surface area contributed by atoms with Crippen LogP contribution in [0.15, 0.2) is 72.8 Å². The van der Waals surface area contributed by atoms with E-state index in [2.05, 4.69) is 5.32 Å². The van der Waals surface area contributed by atoms with Gasteiger partial charge >= 0.3 is 0 Å². The summed E-state index contributed by atoms with van der Waals surface area (Å²) in [5.41, 5.74) is 0.663. The normalized spacial score (nSPS) is 18.7. The van der Waals surface area contributed by atoms with Crippen molar-refractivity contribution in [1.29, 1.82) is 0 Å². The van der Waals surface area contributed by atoms with E-state index in [0.29, 0.717) is 28.4 Å². The fourth-order valence-electron chi connectivity index (χ4n) is 4.91. The van der Waals surface area contributed by atoms with Crippen molar-refractivity contribution in [3.05, 3.63) is 83.9 Å². The van der Waals surface area contributed by atoms with Crippen LogP contribution in [0.3, 0.4) is 0 Å². The molecule has 2 heterocycles. The van der Waals surface area contributed by atoms with Crippen molar-refractivity contribution in [3.8, 4) is 11.5 Å². The van der Waals surface area contributed by atoms with E-state index in [1.807, 2.05) is 30.3 Å². The number of anilines is 2. The number of benzene rings is 3. The molecule has 1 fully saturated rings. The van der Waals surface area contributed by atoms with Gasteiger partial charge in [0.15, 0.2) is 11.5 Å². The number of nitrogens with one attached hydrogen (secondary N) is 1. The number of hydrogen-bond acceptors (Lipinski definition) is 5. The Bertz CT molecular complexity index is 1310. The number of carbonyl (C=O) groups is 3. The minimum absolute atomic E-state index is 0.145. The van der Waals surface area contributed by atoms with Gasteiger partial charge in [0.05, 0.1) is 25.5 Å². The second-order valence-corrected chi connectivity index (χ2v) is 8.46. The fourth-order valence-corrected chi connectivity index (χ4v) is 4.91. The average Bonchev–Trinajstić information content (AvgIpc) is 3.25. The van der Waals surface area contributed by atoms with Gasteiger partial charge in [-0.3, -0.25) is 19.3 Å². The highest BCUT2D eigenvalue weighted by molar-refractivity contribution is 6.18. The maximum Gasteiger partial charge on any atom is 0.271 e. The van der Waals surface area contributed by atoms with E-state index in [1.54, 1.807) is 42.5 Å². The monoisotopic (exact) mass is 471 g/mol. The van der Waals surface area contributed by atoms with Crippen LogP contribution in [-0.2, 0) is 16.1 Å². The molecule has 0 bridgehead atoms. The zero-order valence-electron chi connectivity index (χ0n) is 19.5. The molecule has 2 aliphatic heterocycles. The summed E-state index contributed by atoms with van der Waals surface area (Å²) in [6.07, 6.45) is 0.324. The molecule has 1 N–H and O–H groups in total. The number of nitrogens with zero attached hydrogens (tertiary/aromatic N) is 2. The first-order chi connectivity index (χ1) is 17.0. The lowest BCUT2D eigenvalue weighted by molar-refractivity contribution is -0.129. The first-order valence-electron chi connectivity index (χ1n) is 11.3. The van der Waals surface area contributed by atoms with Crippen LogP contribution < -0.4 is 19.7 Å². The van der Waals surface area contributed by atoms with Crippen LogP contribution in [-0.4, -0.2) is 42.5 Å². The molecule has 3 aromatic carbocycles. The highest BCUT2D eigenvalue weighted by Crippen LogP contribution is 2.45. The summed E-state index contributed by atoms with van der Waals surface area (Å²) < 4.78 is 10.7. The molecule has 3 aromatic rings. The highest BCUT2D eigenvalue weighted by atomic mass is 16.5. The first-order valence-corrected chi connectivity index (χ1v) is 11.3. The number of rotatable bonds is 6. The van der Waals surface area contributed by atoms with Crippen molar-refractivity contribution >= 4 is 29.1 Å². The minimum atomic E-state index is -1.51. The van der Waals surface area contributed by atoms with Crippen LogP contribution in [0.2, 0.25) is 0 Å². The van der Waals surface area contributed by atoms with E-state index < -0.39 is 11.6 Å². The lowest BCUT2D eigenvalue weighted by Gasteiger charge is -2.49. The predicted octanol–water partition coefficient (Wildman–Crippen LogP) is 3.82. The van der Waals surface area contributed by atoms with E-state index in [0.717, 1.165) is 5.56 Å². The highest BCUT2D eigenvalue weighted by Gasteiger charge is 2.60. The Morgan fingerprint density at radius 3 is 2.40 bits per heavy atom. The molecule has 35 heavy (non-hydrogen) atoms. The van der Waals surface area contributed by atoms with Crippen molar-refractivity contribution in [2.45, 2.75) is 25.0 Å². The Morgan fingerprint density at radius 2 is 1.66 bits per heavy atom. The van der Waals surface area contributed by atoms with E-state index in [4.69, 9.17) is 9.47 Å². The van der Waals surface area contributed by atoms with Crippen molar-refractivity contribution in [3.63, 3.8) is 0 Å². The molecule has 0 aromatic heterocycles. The van der Waals surface area contributed by atoms with Gasteiger partial charge in [-0.25, -0.2) is 0 Å². The van der Waals surface area contributed by atoms with Gasteiger partial charge in [-0.2, -0.15) is 0 Å². The molecular weight excluding hydrogens is 446 g/mol. The fraction of sp³-hybridized carbons (Fsp3) is 0.222. The Morgan fingerprint density at radius 1 is 0.943 bits per heavy atom. The van der Waals surface area contributed by atoms with Crippen LogP contribution in [0.25, 0.3) is 0 Å². The zero-order chi connectivity index (χ0) is 24.6. The SMILES string of the molecule is COc1ccc(NC(=O)[C@@]23CCC(=O)N2c2ccccc2C(=O)N3Cc2ccccc2)cc1OC. The van der Waals surface area contributed by atoms with Crippen molar-refractivity contribution in [2.24, 2.45) is 0 Å². The minimum Gasteiger partial charge on any atom is -0.493 e. The van der Waals surface area contributed by atoms with Gasteiger partial charge in [0, 0.05) is 31.1 Å². The Labute approximate surface area is 203 Å². The van der Waals surface area contributed by atoms with Gasteiger partial charge in [-0.05, 0) is 29.8 Å². The van der Waals surface area contributed by atoms with E-state index in [-0.39, 0.29) is 31.2 Å². The summed E-state index contributed by atoms with van der Waals surface area (Å²) in [4.78, 5) is 44.0. The van der Waals surface area contributed by atoms with Gasteiger partial charge in [0.25, 0.3) is 11.8 Å². The quantitative estimate of drug-likeness (QED) is 0.591. The summed E-state index contributed by atoms with van der Waals surface area (Å²) in [7, 11) is 3.04. The number of methoxy groups -OCH3 is 2. The smallest absolute Gasteiger partial charge is 0.271 e. The number of fused-ring (bicyclic) bond motifs is 3. The number of ether oxygens (including phenoxy) is 2. The molecule has 0 spiro atoms. The second kappa shape index (κ2) is 8.79. The van der Waals surface area contributed by atoms with Gasteiger partial charge < -0.3 is 19.7 Å². The van der Waals surface area contributed by atoms with Gasteiger partial charge in [-0.15, -0.1) is 0 Å². The second-order valence-electron chi connectivity index (χ2n) is 8.46. The number of hydrogen-bond donors (Lipinski definition) is 1. The van der Waals surface area contributed by atoms with E-state index in [9.17, 15) is 14.4 Å². The molecule has 2 aliphatic rings. The summed E-state index contributed by atoms with van der Waals surface area (Å²) >= 11 is 0. The molecule has 8 heteroatoms. The molecule has 3 amide bonds.